The van der Waals surface area contributed by atoms with Crippen LogP contribution in [0.3, 0.4) is 0 Å². The van der Waals surface area contributed by atoms with Crippen LogP contribution in [0, 0.1) is 0 Å². The molecule has 2 nitrogen and oxygen atoms in total. The minimum absolute atomic E-state index is 0.541. The van der Waals surface area contributed by atoms with Crippen LogP contribution in [0.2, 0.25) is 0 Å². The molecule has 0 saturated heterocycles. The van der Waals surface area contributed by atoms with E-state index in [0.717, 1.165) is 6.07 Å². The zero-order valence-corrected chi connectivity index (χ0v) is 8.48. The first-order valence-corrected chi connectivity index (χ1v) is 4.73. The van der Waals surface area contributed by atoms with Crippen molar-refractivity contribution in [3.63, 3.8) is 0 Å². The van der Waals surface area contributed by atoms with Gasteiger partial charge in [-0.15, -0.1) is 0 Å². The van der Waals surface area contributed by atoms with Crippen LogP contribution in [0.15, 0.2) is 6.07 Å². The van der Waals surface area contributed by atoms with E-state index in [4.69, 9.17) is 0 Å². The van der Waals surface area contributed by atoms with Crippen LogP contribution in [0.4, 0.5) is 13.2 Å². The van der Waals surface area contributed by atoms with E-state index in [1.165, 1.54) is 11.7 Å². The number of aromatic nitrogens is 2. The first kappa shape index (κ1) is 10.6. The Morgan fingerprint density at radius 2 is 2.15 bits per heavy atom. The van der Waals surface area contributed by atoms with E-state index in [1.807, 2.05) is 0 Å². The fourth-order valence-electron chi connectivity index (χ4n) is 0.975. The molecule has 0 atom stereocenters. The molecule has 0 saturated carbocycles. The van der Waals surface area contributed by atoms with Gasteiger partial charge in [-0.05, 0) is 12.5 Å². The molecule has 0 bridgehead atoms. The predicted molar refractivity (Wildman–Crippen MR) is 45.7 cm³/mol. The van der Waals surface area contributed by atoms with Crippen LogP contribution in [0.1, 0.15) is 11.4 Å². The van der Waals surface area contributed by atoms with Crippen molar-refractivity contribution in [2.45, 2.75) is 12.6 Å². The number of alkyl halides is 4. The maximum atomic E-state index is 12.1. The zero-order chi connectivity index (χ0) is 10.1. The molecule has 0 spiro atoms. The van der Waals surface area contributed by atoms with Gasteiger partial charge in [-0.2, -0.15) is 18.3 Å². The molecule has 0 aliphatic rings. The molecule has 6 heteroatoms. The van der Waals surface area contributed by atoms with Crippen LogP contribution in [-0.4, -0.2) is 15.1 Å². The van der Waals surface area contributed by atoms with Gasteiger partial charge < -0.3 is 0 Å². The van der Waals surface area contributed by atoms with Crippen LogP contribution >= 0.6 is 15.9 Å². The van der Waals surface area contributed by atoms with Crippen molar-refractivity contribution in [3.05, 3.63) is 17.5 Å². The maximum absolute atomic E-state index is 12.1. The molecule has 13 heavy (non-hydrogen) atoms. The summed E-state index contributed by atoms with van der Waals surface area (Å²) in [5.41, 5.74) is -0.254. The summed E-state index contributed by atoms with van der Waals surface area (Å²) in [5, 5.41) is 4.00. The SMILES string of the molecule is Cn1nc(C(F)(F)F)cc1CCBr. The van der Waals surface area contributed by atoms with Crippen molar-refractivity contribution < 1.29 is 13.2 Å². The second-order valence-corrected chi connectivity index (χ2v) is 3.37. The van der Waals surface area contributed by atoms with Gasteiger partial charge in [0.15, 0.2) is 5.69 Å². The van der Waals surface area contributed by atoms with Gasteiger partial charge in [-0.25, -0.2) is 0 Å². The second-order valence-electron chi connectivity index (χ2n) is 2.58. The molecule has 0 amide bonds. The second kappa shape index (κ2) is 3.69. The first-order chi connectivity index (χ1) is 5.95. The quantitative estimate of drug-likeness (QED) is 0.744. The number of rotatable bonds is 2. The normalized spacial score (nSPS) is 12.1. The molecule has 1 rings (SSSR count). The van der Waals surface area contributed by atoms with Crippen molar-refractivity contribution in [3.8, 4) is 0 Å². The lowest BCUT2D eigenvalue weighted by Crippen LogP contribution is -2.06. The molecule has 0 aromatic carbocycles. The lowest BCUT2D eigenvalue weighted by Gasteiger charge is -1.99. The molecule has 1 aromatic heterocycles. The van der Waals surface area contributed by atoms with Gasteiger partial charge in [0.05, 0.1) is 0 Å². The van der Waals surface area contributed by atoms with E-state index < -0.39 is 11.9 Å². The lowest BCUT2D eigenvalue weighted by atomic mass is 10.3. The van der Waals surface area contributed by atoms with Crippen LogP contribution < -0.4 is 0 Å². The molecular weight excluding hydrogens is 249 g/mol. The highest BCUT2D eigenvalue weighted by atomic mass is 79.9. The molecule has 0 aliphatic carbocycles. The van der Waals surface area contributed by atoms with Gasteiger partial charge in [0.2, 0.25) is 0 Å². The number of hydrogen-bond acceptors (Lipinski definition) is 1. The molecule has 1 aromatic rings. The van der Waals surface area contributed by atoms with Crippen molar-refractivity contribution in [1.82, 2.24) is 9.78 Å². The van der Waals surface area contributed by atoms with Gasteiger partial charge in [0, 0.05) is 18.1 Å². The van der Waals surface area contributed by atoms with Gasteiger partial charge >= 0.3 is 6.18 Å². The summed E-state index contributed by atoms with van der Waals surface area (Å²) in [5.74, 6) is 0. The Morgan fingerprint density at radius 3 is 2.54 bits per heavy atom. The molecule has 0 radical (unpaired) electrons. The van der Waals surface area contributed by atoms with E-state index in [0.29, 0.717) is 17.4 Å². The molecule has 0 N–H and O–H groups in total. The third-order valence-corrected chi connectivity index (χ3v) is 2.01. The number of aryl methyl sites for hydroxylation is 2. The third-order valence-electron chi connectivity index (χ3n) is 1.62. The fraction of sp³-hybridized carbons (Fsp3) is 0.571. The highest BCUT2D eigenvalue weighted by Gasteiger charge is 2.34. The van der Waals surface area contributed by atoms with Crippen molar-refractivity contribution in [1.29, 1.82) is 0 Å². The third kappa shape index (κ3) is 2.46. The highest BCUT2D eigenvalue weighted by molar-refractivity contribution is 9.09. The summed E-state index contributed by atoms with van der Waals surface area (Å²) in [4.78, 5) is 0. The standard InChI is InChI=1S/C7H8BrF3N2/c1-13-5(2-3-8)4-6(12-13)7(9,10)11/h4H,2-3H2,1H3. The van der Waals surface area contributed by atoms with E-state index in [-0.39, 0.29) is 0 Å². The largest absolute Gasteiger partial charge is 0.435 e. The molecule has 0 aliphatic heterocycles. The minimum Gasteiger partial charge on any atom is -0.272 e. The predicted octanol–water partition coefficient (Wildman–Crippen LogP) is 2.38. The summed E-state index contributed by atoms with van der Waals surface area (Å²) >= 11 is 3.16. The van der Waals surface area contributed by atoms with E-state index in [2.05, 4.69) is 21.0 Å². The molecule has 74 valence electrons. The Bertz CT molecular complexity index is 292. The minimum atomic E-state index is -4.34. The molecule has 0 unspecified atom stereocenters. The number of halogens is 4. The van der Waals surface area contributed by atoms with Gasteiger partial charge in [-0.3, -0.25) is 4.68 Å². The summed E-state index contributed by atoms with van der Waals surface area (Å²) in [6.45, 7) is 0. The van der Waals surface area contributed by atoms with E-state index in [1.54, 1.807) is 0 Å². The Kier molecular flexibility index (Phi) is 3.00. The number of hydrogen-bond donors (Lipinski definition) is 0. The van der Waals surface area contributed by atoms with Crippen LogP contribution in [0.25, 0.3) is 0 Å². The topological polar surface area (TPSA) is 17.8 Å². The summed E-state index contributed by atoms with van der Waals surface area (Å²) < 4.78 is 37.7. The summed E-state index contributed by atoms with van der Waals surface area (Å²) in [6.07, 6.45) is -3.80. The monoisotopic (exact) mass is 256 g/mol. The maximum Gasteiger partial charge on any atom is 0.435 e. The Balaban J connectivity index is 2.95. The molecule has 0 fully saturated rings. The Labute approximate surface area is 81.9 Å². The summed E-state index contributed by atoms with van der Waals surface area (Å²) in [6, 6.07) is 1.07. The van der Waals surface area contributed by atoms with Crippen LogP contribution in [0.5, 0.6) is 0 Å². The fourth-order valence-corrected chi connectivity index (χ4v) is 1.38. The average Bonchev–Trinajstić information content (AvgIpc) is 2.32. The zero-order valence-electron chi connectivity index (χ0n) is 6.90. The van der Waals surface area contributed by atoms with Gasteiger partial charge in [0.25, 0.3) is 0 Å². The first-order valence-electron chi connectivity index (χ1n) is 3.61. The van der Waals surface area contributed by atoms with Crippen LogP contribution in [-0.2, 0) is 19.6 Å². The number of nitrogens with zero attached hydrogens (tertiary/aromatic N) is 2. The average molecular weight is 257 g/mol. The van der Waals surface area contributed by atoms with Crippen molar-refractivity contribution in [2.24, 2.45) is 7.05 Å². The smallest absolute Gasteiger partial charge is 0.272 e. The van der Waals surface area contributed by atoms with Gasteiger partial charge in [0.1, 0.15) is 0 Å². The van der Waals surface area contributed by atoms with E-state index >= 15 is 0 Å². The lowest BCUT2D eigenvalue weighted by molar-refractivity contribution is -0.141. The summed E-state index contributed by atoms with van der Waals surface area (Å²) in [7, 11) is 1.51. The molecule has 1 heterocycles. The Hall–Kier alpha value is -0.520. The highest BCUT2D eigenvalue weighted by Crippen LogP contribution is 2.28. The van der Waals surface area contributed by atoms with Crippen molar-refractivity contribution in [2.75, 3.05) is 5.33 Å². The Morgan fingerprint density at radius 1 is 1.54 bits per heavy atom. The molecular formula is C7H8BrF3N2. The van der Waals surface area contributed by atoms with Gasteiger partial charge in [-0.1, -0.05) is 15.9 Å². The van der Waals surface area contributed by atoms with E-state index in [9.17, 15) is 13.2 Å². The van der Waals surface area contributed by atoms with Crippen molar-refractivity contribution >= 4 is 15.9 Å².